The summed E-state index contributed by atoms with van der Waals surface area (Å²) >= 11 is 0. The summed E-state index contributed by atoms with van der Waals surface area (Å²) in [7, 11) is 1.65. The molecule has 0 aliphatic heterocycles. The fraction of sp³-hybridized carbons (Fsp3) is 0.765. The van der Waals surface area contributed by atoms with Crippen LogP contribution in [0, 0.1) is 0 Å². The Hall–Kier alpha value is -1.32. The molecule has 0 fully saturated rings. The highest BCUT2D eigenvalue weighted by Gasteiger charge is 2.08. The van der Waals surface area contributed by atoms with Crippen LogP contribution in [-0.4, -0.2) is 37.0 Å². The third-order valence-corrected chi connectivity index (χ3v) is 3.46. The minimum absolute atomic E-state index is 0.175. The van der Waals surface area contributed by atoms with E-state index in [0.717, 1.165) is 12.8 Å². The summed E-state index contributed by atoms with van der Waals surface area (Å²) < 4.78 is 5.15. The summed E-state index contributed by atoms with van der Waals surface area (Å²) in [5, 5.41) is 0. The lowest BCUT2D eigenvalue weighted by Crippen LogP contribution is -2.27. The minimum Gasteiger partial charge on any atom is -0.466 e. The lowest BCUT2D eigenvalue weighted by molar-refractivity contribution is -0.144. The van der Waals surface area contributed by atoms with Crippen LogP contribution in [0.2, 0.25) is 0 Å². The molecule has 0 N–H and O–H groups in total. The number of carbonyl (C=O) groups is 2. The van der Waals surface area contributed by atoms with Crippen molar-refractivity contribution in [1.29, 1.82) is 0 Å². The summed E-state index contributed by atoms with van der Waals surface area (Å²) in [6.07, 6.45) is 11.3. The van der Waals surface area contributed by atoms with Gasteiger partial charge in [-0.25, -0.2) is 0 Å². The molecule has 0 saturated carbocycles. The van der Waals surface area contributed by atoms with E-state index in [1.807, 2.05) is 0 Å². The molecule has 0 heterocycles. The Morgan fingerprint density at radius 3 is 2.19 bits per heavy atom. The number of amides is 1. The van der Waals surface area contributed by atoms with Gasteiger partial charge in [0.2, 0.25) is 5.91 Å². The van der Waals surface area contributed by atoms with E-state index in [1.54, 1.807) is 7.05 Å². The predicted octanol–water partition coefficient (Wildman–Crippen LogP) is 3.70. The predicted molar refractivity (Wildman–Crippen MR) is 86.0 cm³/mol. The largest absolute Gasteiger partial charge is 0.466 e. The normalized spacial score (nSPS) is 10.2. The maximum atomic E-state index is 11.5. The molecule has 0 rings (SSSR count). The molecule has 122 valence electrons. The Bertz CT molecular complexity index is 302. The molecular weight excluding hydrogens is 266 g/mol. The molecule has 1 amide bonds. The number of esters is 1. The van der Waals surface area contributed by atoms with Crippen molar-refractivity contribution in [3.05, 3.63) is 12.7 Å². The number of carbonyl (C=O) groups excluding carboxylic acids is 2. The number of likely N-dealkylation sites (N-methyl/N-ethyl adjacent to an activating group) is 1. The highest BCUT2D eigenvalue weighted by Crippen LogP contribution is 2.08. The van der Waals surface area contributed by atoms with Crippen LogP contribution in [0.1, 0.15) is 64.7 Å². The first kappa shape index (κ1) is 19.7. The minimum atomic E-state index is -0.235. The molecule has 0 aromatic rings. The first-order valence-corrected chi connectivity index (χ1v) is 8.15. The van der Waals surface area contributed by atoms with Crippen molar-refractivity contribution in [2.75, 3.05) is 20.2 Å². The molecule has 0 aliphatic rings. The Morgan fingerprint density at radius 2 is 1.62 bits per heavy atom. The van der Waals surface area contributed by atoms with Gasteiger partial charge in [-0.15, -0.1) is 0 Å². The number of hydrogen-bond donors (Lipinski definition) is 0. The second kappa shape index (κ2) is 13.7. The van der Waals surface area contributed by atoms with Crippen molar-refractivity contribution in [3.8, 4) is 0 Å². The second-order valence-electron chi connectivity index (χ2n) is 5.41. The smallest absolute Gasteiger partial charge is 0.307 e. The molecule has 21 heavy (non-hydrogen) atoms. The number of hydrogen-bond acceptors (Lipinski definition) is 3. The molecule has 4 nitrogen and oxygen atoms in total. The standard InChI is InChI=1S/C17H31NO3/c1-4-6-7-8-9-10-11-12-15-21-17(20)13-14-18(3)16(19)5-2/h5H,2,4,6-15H2,1,3H3. The van der Waals surface area contributed by atoms with Gasteiger partial charge in [0.15, 0.2) is 0 Å². The van der Waals surface area contributed by atoms with Crippen LogP contribution in [0.4, 0.5) is 0 Å². The number of ether oxygens (including phenoxy) is 1. The lowest BCUT2D eigenvalue weighted by atomic mass is 10.1. The summed E-state index contributed by atoms with van der Waals surface area (Å²) in [6.45, 7) is 6.49. The zero-order valence-electron chi connectivity index (χ0n) is 13.7. The summed E-state index contributed by atoms with van der Waals surface area (Å²) in [4.78, 5) is 24.1. The van der Waals surface area contributed by atoms with Gasteiger partial charge in [-0.05, 0) is 12.5 Å². The highest BCUT2D eigenvalue weighted by atomic mass is 16.5. The van der Waals surface area contributed by atoms with E-state index in [0.29, 0.717) is 13.2 Å². The van der Waals surface area contributed by atoms with Crippen molar-refractivity contribution in [2.24, 2.45) is 0 Å². The van der Waals surface area contributed by atoms with Crippen molar-refractivity contribution >= 4 is 11.9 Å². The van der Waals surface area contributed by atoms with Crippen molar-refractivity contribution < 1.29 is 14.3 Å². The lowest BCUT2D eigenvalue weighted by Gasteiger charge is -2.14. The molecule has 0 aliphatic carbocycles. The maximum absolute atomic E-state index is 11.5. The molecule has 0 aromatic heterocycles. The Balaban J connectivity index is 3.38. The van der Waals surface area contributed by atoms with Gasteiger partial charge in [0.25, 0.3) is 0 Å². The quantitative estimate of drug-likeness (QED) is 0.296. The number of unbranched alkanes of at least 4 members (excludes halogenated alkanes) is 7. The Kier molecular flexibility index (Phi) is 12.8. The van der Waals surface area contributed by atoms with Crippen molar-refractivity contribution in [3.63, 3.8) is 0 Å². The average Bonchev–Trinajstić information content (AvgIpc) is 2.50. The third-order valence-electron chi connectivity index (χ3n) is 3.46. The topological polar surface area (TPSA) is 46.6 Å². The Morgan fingerprint density at radius 1 is 1.05 bits per heavy atom. The van der Waals surface area contributed by atoms with Gasteiger partial charge >= 0.3 is 5.97 Å². The van der Waals surface area contributed by atoms with Gasteiger partial charge in [0, 0.05) is 13.6 Å². The Labute approximate surface area is 129 Å². The van der Waals surface area contributed by atoms with Gasteiger partial charge in [-0.3, -0.25) is 9.59 Å². The maximum Gasteiger partial charge on any atom is 0.307 e. The summed E-state index contributed by atoms with van der Waals surface area (Å²) in [5.74, 6) is -0.410. The molecule has 0 saturated heterocycles. The van der Waals surface area contributed by atoms with Gasteiger partial charge < -0.3 is 9.64 Å². The van der Waals surface area contributed by atoms with E-state index < -0.39 is 0 Å². The first-order valence-electron chi connectivity index (χ1n) is 8.15. The summed E-state index contributed by atoms with van der Waals surface area (Å²) in [5.41, 5.74) is 0. The first-order chi connectivity index (χ1) is 10.1. The molecule has 0 atom stereocenters. The highest BCUT2D eigenvalue weighted by molar-refractivity contribution is 5.87. The molecule has 0 bridgehead atoms. The van der Waals surface area contributed by atoms with Crippen LogP contribution in [-0.2, 0) is 14.3 Å². The number of nitrogens with zero attached hydrogens (tertiary/aromatic N) is 1. The van der Waals surface area contributed by atoms with E-state index in [9.17, 15) is 9.59 Å². The monoisotopic (exact) mass is 297 g/mol. The molecule has 0 unspecified atom stereocenters. The zero-order chi connectivity index (χ0) is 15.9. The van der Waals surface area contributed by atoms with Crippen molar-refractivity contribution in [1.82, 2.24) is 4.90 Å². The van der Waals surface area contributed by atoms with Crippen LogP contribution in [0.5, 0.6) is 0 Å². The number of rotatable bonds is 13. The van der Waals surface area contributed by atoms with Gasteiger partial charge in [-0.1, -0.05) is 58.4 Å². The van der Waals surface area contributed by atoms with Crippen LogP contribution in [0.25, 0.3) is 0 Å². The summed E-state index contributed by atoms with van der Waals surface area (Å²) in [6, 6.07) is 0. The van der Waals surface area contributed by atoms with E-state index >= 15 is 0 Å². The molecule has 0 spiro atoms. The third kappa shape index (κ3) is 12.2. The molecule has 0 radical (unpaired) electrons. The van der Waals surface area contributed by atoms with Gasteiger partial charge in [-0.2, -0.15) is 0 Å². The van der Waals surface area contributed by atoms with Crippen LogP contribution in [0.15, 0.2) is 12.7 Å². The second-order valence-corrected chi connectivity index (χ2v) is 5.41. The molecule has 0 aromatic carbocycles. The van der Waals surface area contributed by atoms with Crippen LogP contribution >= 0.6 is 0 Å². The van der Waals surface area contributed by atoms with E-state index in [4.69, 9.17) is 4.74 Å². The van der Waals surface area contributed by atoms with E-state index in [1.165, 1.54) is 49.5 Å². The fourth-order valence-electron chi connectivity index (χ4n) is 2.02. The average molecular weight is 297 g/mol. The van der Waals surface area contributed by atoms with Crippen molar-refractivity contribution in [2.45, 2.75) is 64.7 Å². The van der Waals surface area contributed by atoms with Gasteiger partial charge in [0.05, 0.1) is 13.0 Å². The van der Waals surface area contributed by atoms with Gasteiger partial charge in [0.1, 0.15) is 0 Å². The zero-order valence-corrected chi connectivity index (χ0v) is 13.7. The van der Waals surface area contributed by atoms with E-state index in [-0.39, 0.29) is 18.3 Å². The SMILES string of the molecule is C=CC(=O)N(C)CCC(=O)OCCCCCCCCCC. The van der Waals surface area contributed by atoms with Crippen LogP contribution < -0.4 is 0 Å². The fourth-order valence-corrected chi connectivity index (χ4v) is 2.02. The molecule has 4 heteroatoms. The van der Waals surface area contributed by atoms with Crippen LogP contribution in [0.3, 0.4) is 0 Å². The van der Waals surface area contributed by atoms with E-state index in [2.05, 4.69) is 13.5 Å². The molecular formula is C17H31NO3.